The molecule has 0 bridgehead atoms. The van der Waals surface area contributed by atoms with Crippen LogP contribution in [0.4, 0.5) is 5.69 Å². The Labute approximate surface area is 89.9 Å². The highest BCUT2D eigenvalue weighted by Crippen LogP contribution is 2.23. The number of pyridine rings is 1. The van der Waals surface area contributed by atoms with Crippen LogP contribution in [0.25, 0.3) is 0 Å². The molecule has 0 saturated carbocycles. The third kappa shape index (κ3) is 2.18. The molecular formula is C11H15ClN2. The van der Waals surface area contributed by atoms with Crippen LogP contribution in [-0.4, -0.2) is 18.1 Å². The molecule has 1 saturated heterocycles. The second-order valence-corrected chi connectivity index (χ2v) is 4.42. The molecule has 1 aromatic rings. The topological polar surface area (TPSA) is 16.1 Å². The lowest BCUT2D eigenvalue weighted by molar-refractivity contribution is 0.447. The van der Waals surface area contributed by atoms with Crippen LogP contribution < -0.4 is 4.90 Å². The predicted octanol–water partition coefficient (Wildman–Crippen LogP) is 2.97. The number of piperidine rings is 1. The molecule has 2 heterocycles. The predicted molar refractivity (Wildman–Crippen MR) is 59.9 cm³/mol. The molecule has 76 valence electrons. The average molecular weight is 211 g/mol. The number of hydrogen-bond acceptors (Lipinski definition) is 2. The molecule has 1 aromatic heterocycles. The molecule has 14 heavy (non-hydrogen) atoms. The highest BCUT2D eigenvalue weighted by Gasteiger charge is 2.16. The molecule has 1 atom stereocenters. The van der Waals surface area contributed by atoms with Crippen LogP contribution in [0.3, 0.4) is 0 Å². The summed E-state index contributed by atoms with van der Waals surface area (Å²) < 4.78 is 0. The molecule has 2 nitrogen and oxygen atoms in total. The average Bonchev–Trinajstić information content (AvgIpc) is 2.18. The van der Waals surface area contributed by atoms with Crippen LogP contribution in [0.1, 0.15) is 19.8 Å². The zero-order valence-corrected chi connectivity index (χ0v) is 9.17. The highest BCUT2D eigenvalue weighted by atomic mass is 35.5. The second-order valence-electron chi connectivity index (χ2n) is 4.03. The molecule has 2 rings (SSSR count). The molecule has 1 fully saturated rings. The van der Waals surface area contributed by atoms with Gasteiger partial charge in [-0.05, 0) is 30.9 Å². The number of nitrogens with zero attached hydrogens (tertiary/aromatic N) is 2. The summed E-state index contributed by atoms with van der Waals surface area (Å²) in [5, 5.41) is 0.584. The van der Waals surface area contributed by atoms with Gasteiger partial charge in [0.2, 0.25) is 0 Å². The molecule has 0 unspecified atom stereocenters. The van der Waals surface area contributed by atoms with Gasteiger partial charge in [-0.25, -0.2) is 4.98 Å². The smallest absolute Gasteiger partial charge is 0.131 e. The molecule has 0 aliphatic carbocycles. The first kappa shape index (κ1) is 9.78. The Bertz CT molecular complexity index is 314. The minimum Gasteiger partial charge on any atom is -0.371 e. The molecule has 3 heteroatoms. The lowest BCUT2D eigenvalue weighted by Gasteiger charge is -2.32. The van der Waals surface area contributed by atoms with E-state index in [1.54, 1.807) is 6.20 Å². The quantitative estimate of drug-likeness (QED) is 0.663. The highest BCUT2D eigenvalue weighted by molar-refractivity contribution is 6.29. The Kier molecular flexibility index (Phi) is 2.92. The third-order valence-corrected chi connectivity index (χ3v) is 2.94. The van der Waals surface area contributed by atoms with Crippen LogP contribution in [0.15, 0.2) is 18.3 Å². The first-order valence-electron chi connectivity index (χ1n) is 5.12. The van der Waals surface area contributed by atoms with Gasteiger partial charge in [-0.3, -0.25) is 0 Å². The van der Waals surface area contributed by atoms with Crippen LogP contribution in [0, 0.1) is 5.92 Å². The first-order chi connectivity index (χ1) is 6.75. The number of anilines is 1. The standard InChI is InChI=1S/C11H15ClN2/c1-9-3-2-6-14(8-9)10-4-5-13-11(12)7-10/h4-5,7,9H,2-3,6,8H2,1H3/t9-/m1/s1. The molecule has 0 aromatic carbocycles. The fourth-order valence-electron chi connectivity index (χ4n) is 2.01. The first-order valence-corrected chi connectivity index (χ1v) is 5.50. The molecule has 1 aliphatic rings. The van der Waals surface area contributed by atoms with Gasteiger partial charge < -0.3 is 4.90 Å². The zero-order chi connectivity index (χ0) is 9.97. The van der Waals surface area contributed by atoms with Crippen LogP contribution in [0.2, 0.25) is 5.15 Å². The van der Waals surface area contributed by atoms with Crippen molar-refractivity contribution in [2.24, 2.45) is 5.92 Å². The van der Waals surface area contributed by atoms with E-state index in [0.29, 0.717) is 5.15 Å². The van der Waals surface area contributed by atoms with Crippen LogP contribution >= 0.6 is 11.6 Å². The lowest BCUT2D eigenvalue weighted by atomic mass is 10.00. The van der Waals surface area contributed by atoms with E-state index in [9.17, 15) is 0 Å². The van der Waals surface area contributed by atoms with E-state index < -0.39 is 0 Å². The summed E-state index contributed by atoms with van der Waals surface area (Å²) in [6, 6.07) is 3.98. The van der Waals surface area contributed by atoms with Crippen molar-refractivity contribution in [1.82, 2.24) is 4.98 Å². The van der Waals surface area contributed by atoms with Crippen LogP contribution in [0.5, 0.6) is 0 Å². The van der Waals surface area contributed by atoms with Crippen molar-refractivity contribution < 1.29 is 0 Å². The lowest BCUT2D eigenvalue weighted by Crippen LogP contribution is -2.34. The molecule has 1 aliphatic heterocycles. The molecule has 0 N–H and O–H groups in total. The third-order valence-electron chi connectivity index (χ3n) is 2.73. The molecular weight excluding hydrogens is 196 g/mol. The molecule has 0 spiro atoms. The fourth-order valence-corrected chi connectivity index (χ4v) is 2.18. The van der Waals surface area contributed by atoms with Gasteiger partial charge in [-0.1, -0.05) is 18.5 Å². The van der Waals surface area contributed by atoms with Crippen molar-refractivity contribution in [1.29, 1.82) is 0 Å². The minimum absolute atomic E-state index is 0.584. The van der Waals surface area contributed by atoms with Crippen molar-refractivity contribution in [3.05, 3.63) is 23.5 Å². The maximum atomic E-state index is 5.86. The van der Waals surface area contributed by atoms with E-state index in [0.717, 1.165) is 19.0 Å². The summed E-state index contributed by atoms with van der Waals surface area (Å²) in [6.07, 6.45) is 4.40. The summed E-state index contributed by atoms with van der Waals surface area (Å²) in [5.74, 6) is 0.788. The van der Waals surface area contributed by atoms with Gasteiger partial charge in [0.25, 0.3) is 0 Å². The number of halogens is 1. The summed E-state index contributed by atoms with van der Waals surface area (Å²) in [5.41, 5.74) is 1.21. The maximum Gasteiger partial charge on any atom is 0.131 e. The van der Waals surface area contributed by atoms with E-state index >= 15 is 0 Å². The Morgan fingerprint density at radius 2 is 2.43 bits per heavy atom. The number of rotatable bonds is 1. The summed E-state index contributed by atoms with van der Waals surface area (Å²) >= 11 is 5.86. The minimum atomic E-state index is 0.584. The summed E-state index contributed by atoms with van der Waals surface area (Å²) in [4.78, 5) is 6.38. The van der Waals surface area contributed by atoms with Gasteiger partial charge in [0.1, 0.15) is 5.15 Å². The van der Waals surface area contributed by atoms with Crippen LogP contribution in [-0.2, 0) is 0 Å². The Morgan fingerprint density at radius 1 is 1.57 bits per heavy atom. The fraction of sp³-hybridized carbons (Fsp3) is 0.545. The maximum absolute atomic E-state index is 5.86. The van der Waals surface area contributed by atoms with E-state index in [1.165, 1.54) is 18.5 Å². The van der Waals surface area contributed by atoms with Gasteiger partial charge in [0, 0.05) is 25.0 Å². The normalized spacial score (nSPS) is 22.4. The van der Waals surface area contributed by atoms with Gasteiger partial charge >= 0.3 is 0 Å². The van der Waals surface area contributed by atoms with Gasteiger partial charge in [0.05, 0.1) is 0 Å². The van der Waals surface area contributed by atoms with Crippen molar-refractivity contribution in [2.75, 3.05) is 18.0 Å². The van der Waals surface area contributed by atoms with E-state index in [2.05, 4.69) is 16.8 Å². The Balaban J connectivity index is 2.14. The van der Waals surface area contributed by atoms with Crippen molar-refractivity contribution in [2.45, 2.75) is 19.8 Å². The summed E-state index contributed by atoms with van der Waals surface area (Å²) in [7, 11) is 0. The van der Waals surface area contributed by atoms with Crippen molar-refractivity contribution >= 4 is 17.3 Å². The van der Waals surface area contributed by atoms with Gasteiger partial charge in [0.15, 0.2) is 0 Å². The Morgan fingerprint density at radius 3 is 3.14 bits per heavy atom. The van der Waals surface area contributed by atoms with Crippen molar-refractivity contribution in [3.8, 4) is 0 Å². The number of aromatic nitrogens is 1. The summed E-state index contributed by atoms with van der Waals surface area (Å²) in [6.45, 7) is 4.58. The monoisotopic (exact) mass is 210 g/mol. The van der Waals surface area contributed by atoms with Crippen molar-refractivity contribution in [3.63, 3.8) is 0 Å². The Hall–Kier alpha value is -0.760. The van der Waals surface area contributed by atoms with E-state index in [1.807, 2.05) is 12.1 Å². The second kappa shape index (κ2) is 4.18. The van der Waals surface area contributed by atoms with E-state index in [4.69, 9.17) is 11.6 Å². The largest absolute Gasteiger partial charge is 0.371 e. The van der Waals surface area contributed by atoms with Gasteiger partial charge in [-0.15, -0.1) is 0 Å². The molecule has 0 amide bonds. The number of hydrogen-bond donors (Lipinski definition) is 0. The van der Waals surface area contributed by atoms with Gasteiger partial charge in [-0.2, -0.15) is 0 Å². The zero-order valence-electron chi connectivity index (χ0n) is 8.41. The van der Waals surface area contributed by atoms with E-state index in [-0.39, 0.29) is 0 Å². The SMILES string of the molecule is C[C@@H]1CCCN(c2ccnc(Cl)c2)C1. The molecule has 0 radical (unpaired) electrons.